The molecule has 2 rings (SSSR count). The lowest BCUT2D eigenvalue weighted by molar-refractivity contribution is -0.385. The zero-order valence-corrected chi connectivity index (χ0v) is 14.1. The van der Waals surface area contributed by atoms with Crippen LogP contribution < -0.4 is 5.32 Å². The van der Waals surface area contributed by atoms with E-state index in [1.807, 2.05) is 17.8 Å². The first-order valence-corrected chi connectivity index (χ1v) is 8.68. The Morgan fingerprint density at radius 1 is 1.50 bits per heavy atom. The number of hydrogen-bond acceptors (Lipinski definition) is 4. The number of halogens is 1. The molecule has 0 bridgehead atoms. The molecular weight excluding hydrogens is 340 g/mol. The van der Waals surface area contributed by atoms with Gasteiger partial charge in [0.15, 0.2) is 0 Å². The van der Waals surface area contributed by atoms with Crippen LogP contribution in [0.25, 0.3) is 0 Å². The lowest BCUT2D eigenvalue weighted by atomic mass is 10.1. The molecular formula is C14H19BrN2O2S. The summed E-state index contributed by atoms with van der Waals surface area (Å²) in [6, 6.07) is 3.92. The fraction of sp³-hybridized carbons (Fsp3) is 0.571. The van der Waals surface area contributed by atoms with Crippen molar-refractivity contribution in [2.75, 3.05) is 11.1 Å². The van der Waals surface area contributed by atoms with Crippen molar-refractivity contribution in [3.63, 3.8) is 0 Å². The van der Waals surface area contributed by atoms with Gasteiger partial charge < -0.3 is 5.32 Å². The molecule has 0 saturated heterocycles. The zero-order chi connectivity index (χ0) is 14.7. The van der Waals surface area contributed by atoms with Crippen molar-refractivity contribution in [2.45, 2.75) is 44.4 Å². The summed E-state index contributed by atoms with van der Waals surface area (Å²) in [5, 5.41) is 15.2. The third-order valence-electron chi connectivity index (χ3n) is 3.63. The highest BCUT2D eigenvalue weighted by molar-refractivity contribution is 9.10. The summed E-state index contributed by atoms with van der Waals surface area (Å²) in [4.78, 5) is 10.6. The van der Waals surface area contributed by atoms with Crippen molar-refractivity contribution >= 4 is 39.1 Å². The number of nitro groups is 1. The standard InChI is InChI=1S/C14H19BrN2O2S/c1-3-20-11-5-4-10(7-11)16-13-6-9(2)14(17(18)19)8-12(13)15/h6,8,10-11,16H,3-5,7H2,1-2H3. The quantitative estimate of drug-likeness (QED) is 0.609. The molecule has 2 unspecified atom stereocenters. The van der Waals surface area contributed by atoms with E-state index in [-0.39, 0.29) is 10.6 Å². The number of aryl methyl sites for hydroxylation is 1. The number of benzene rings is 1. The van der Waals surface area contributed by atoms with Crippen molar-refractivity contribution in [1.82, 2.24) is 0 Å². The fourth-order valence-electron chi connectivity index (χ4n) is 2.66. The maximum absolute atomic E-state index is 10.9. The lowest BCUT2D eigenvalue weighted by Gasteiger charge is -2.16. The molecule has 0 heterocycles. The van der Waals surface area contributed by atoms with E-state index in [0.29, 0.717) is 11.6 Å². The van der Waals surface area contributed by atoms with Crippen LogP contribution in [-0.4, -0.2) is 22.0 Å². The molecule has 1 aromatic rings. The predicted octanol–water partition coefficient (Wildman–Crippen LogP) is 4.75. The van der Waals surface area contributed by atoms with Gasteiger partial charge >= 0.3 is 0 Å². The van der Waals surface area contributed by atoms with Gasteiger partial charge in [0.1, 0.15) is 0 Å². The van der Waals surface area contributed by atoms with Gasteiger partial charge in [-0.15, -0.1) is 0 Å². The van der Waals surface area contributed by atoms with Crippen LogP contribution in [0.5, 0.6) is 0 Å². The van der Waals surface area contributed by atoms with E-state index in [9.17, 15) is 10.1 Å². The summed E-state index contributed by atoms with van der Waals surface area (Å²) in [7, 11) is 0. The van der Waals surface area contributed by atoms with E-state index in [4.69, 9.17) is 0 Å². The molecule has 0 amide bonds. The monoisotopic (exact) mass is 358 g/mol. The van der Waals surface area contributed by atoms with Gasteiger partial charge in [0, 0.05) is 33.1 Å². The Balaban J connectivity index is 2.07. The van der Waals surface area contributed by atoms with E-state index in [1.54, 1.807) is 13.0 Å². The number of anilines is 1. The predicted molar refractivity (Wildman–Crippen MR) is 88.7 cm³/mol. The van der Waals surface area contributed by atoms with Crippen LogP contribution in [0.3, 0.4) is 0 Å². The summed E-state index contributed by atoms with van der Waals surface area (Å²) in [5.74, 6) is 1.16. The third-order valence-corrected chi connectivity index (χ3v) is 5.52. The SMILES string of the molecule is CCSC1CCC(Nc2cc(C)c([N+](=O)[O-])cc2Br)C1. The Hall–Kier alpha value is -0.750. The van der Waals surface area contributed by atoms with E-state index in [0.717, 1.165) is 21.2 Å². The molecule has 6 heteroatoms. The normalized spacial score (nSPS) is 21.9. The smallest absolute Gasteiger partial charge is 0.273 e. The third kappa shape index (κ3) is 3.67. The number of rotatable bonds is 5. The minimum atomic E-state index is -0.340. The molecule has 1 aliphatic rings. The highest BCUT2D eigenvalue weighted by atomic mass is 79.9. The average molecular weight is 359 g/mol. The first-order valence-electron chi connectivity index (χ1n) is 6.84. The highest BCUT2D eigenvalue weighted by Gasteiger charge is 2.25. The second kappa shape index (κ2) is 6.80. The van der Waals surface area contributed by atoms with Crippen LogP contribution in [0.4, 0.5) is 11.4 Å². The average Bonchev–Trinajstić information content (AvgIpc) is 2.81. The van der Waals surface area contributed by atoms with Gasteiger partial charge in [0.05, 0.1) is 4.92 Å². The number of nitrogens with zero attached hydrogens (tertiary/aromatic N) is 1. The zero-order valence-electron chi connectivity index (χ0n) is 11.7. The molecule has 1 fully saturated rings. The minimum absolute atomic E-state index is 0.160. The molecule has 110 valence electrons. The number of nitrogens with one attached hydrogen (secondary N) is 1. The molecule has 4 nitrogen and oxygen atoms in total. The van der Waals surface area contributed by atoms with E-state index < -0.39 is 0 Å². The van der Waals surface area contributed by atoms with Gasteiger partial charge in [-0.1, -0.05) is 6.92 Å². The van der Waals surface area contributed by atoms with Crippen molar-refractivity contribution in [2.24, 2.45) is 0 Å². The Morgan fingerprint density at radius 2 is 2.25 bits per heavy atom. The summed E-state index contributed by atoms with van der Waals surface area (Å²) in [5.41, 5.74) is 1.81. The molecule has 20 heavy (non-hydrogen) atoms. The van der Waals surface area contributed by atoms with E-state index >= 15 is 0 Å². The van der Waals surface area contributed by atoms with Gasteiger partial charge in [-0.05, 0) is 53.9 Å². The maximum Gasteiger partial charge on any atom is 0.273 e. The Labute approximate surface area is 132 Å². The summed E-state index contributed by atoms with van der Waals surface area (Å²) in [6.45, 7) is 3.97. The molecule has 2 atom stereocenters. The van der Waals surface area contributed by atoms with Gasteiger partial charge in [-0.2, -0.15) is 11.8 Å². The molecule has 1 N–H and O–H groups in total. The van der Waals surface area contributed by atoms with Crippen LogP contribution >= 0.6 is 27.7 Å². The highest BCUT2D eigenvalue weighted by Crippen LogP contribution is 2.35. The summed E-state index contributed by atoms with van der Waals surface area (Å²) < 4.78 is 0.765. The topological polar surface area (TPSA) is 55.2 Å². The van der Waals surface area contributed by atoms with Gasteiger partial charge in [-0.25, -0.2) is 0 Å². The number of thioether (sulfide) groups is 1. The second-order valence-electron chi connectivity index (χ2n) is 5.11. The van der Waals surface area contributed by atoms with Crippen LogP contribution in [0.15, 0.2) is 16.6 Å². The Kier molecular flexibility index (Phi) is 5.32. The van der Waals surface area contributed by atoms with Crippen molar-refractivity contribution < 1.29 is 4.92 Å². The van der Waals surface area contributed by atoms with Crippen molar-refractivity contribution in [3.8, 4) is 0 Å². The largest absolute Gasteiger partial charge is 0.381 e. The Bertz CT molecular complexity index is 510. The second-order valence-corrected chi connectivity index (χ2v) is 7.54. The number of hydrogen-bond donors (Lipinski definition) is 1. The van der Waals surface area contributed by atoms with Gasteiger partial charge in [0.2, 0.25) is 0 Å². The van der Waals surface area contributed by atoms with Crippen molar-refractivity contribution in [1.29, 1.82) is 0 Å². The molecule has 1 saturated carbocycles. The van der Waals surface area contributed by atoms with Crippen molar-refractivity contribution in [3.05, 3.63) is 32.3 Å². The Morgan fingerprint density at radius 3 is 2.90 bits per heavy atom. The van der Waals surface area contributed by atoms with E-state index in [2.05, 4.69) is 28.2 Å². The minimum Gasteiger partial charge on any atom is -0.381 e. The summed E-state index contributed by atoms with van der Waals surface area (Å²) in [6.07, 6.45) is 3.58. The van der Waals surface area contributed by atoms with Crippen LogP contribution in [0, 0.1) is 17.0 Å². The molecule has 1 aromatic carbocycles. The van der Waals surface area contributed by atoms with Crippen LogP contribution in [0.1, 0.15) is 31.7 Å². The molecule has 0 aromatic heterocycles. The molecule has 0 aliphatic heterocycles. The molecule has 1 aliphatic carbocycles. The van der Waals surface area contributed by atoms with Gasteiger partial charge in [-0.3, -0.25) is 10.1 Å². The first kappa shape index (κ1) is 15.6. The lowest BCUT2D eigenvalue weighted by Crippen LogP contribution is -2.16. The maximum atomic E-state index is 10.9. The van der Waals surface area contributed by atoms with Gasteiger partial charge in [0.25, 0.3) is 5.69 Å². The molecule has 0 spiro atoms. The van der Waals surface area contributed by atoms with E-state index in [1.165, 1.54) is 19.3 Å². The van der Waals surface area contributed by atoms with Crippen LogP contribution in [-0.2, 0) is 0 Å². The molecule has 0 radical (unpaired) electrons. The van der Waals surface area contributed by atoms with Crippen LogP contribution in [0.2, 0.25) is 0 Å². The fourth-order valence-corrected chi connectivity index (χ4v) is 4.24. The number of nitro benzene ring substituents is 1. The first-order chi connectivity index (χ1) is 9.51. The summed E-state index contributed by atoms with van der Waals surface area (Å²) >= 11 is 5.46.